The molecule has 34 heavy (non-hydrogen) atoms. The highest BCUT2D eigenvalue weighted by molar-refractivity contribution is 5.99. The van der Waals surface area contributed by atoms with E-state index in [1.807, 2.05) is 29.2 Å². The monoisotopic (exact) mass is 467 g/mol. The van der Waals surface area contributed by atoms with Crippen LogP contribution in [-0.2, 0) is 4.79 Å². The number of non-ortho nitro benzene ring substituents is 1. The van der Waals surface area contributed by atoms with Crippen LogP contribution in [0.2, 0.25) is 0 Å². The van der Waals surface area contributed by atoms with E-state index in [9.17, 15) is 19.7 Å². The Labute approximate surface area is 200 Å². The van der Waals surface area contributed by atoms with Crippen molar-refractivity contribution in [2.24, 2.45) is 0 Å². The fourth-order valence-corrected chi connectivity index (χ4v) is 3.97. The zero-order valence-electron chi connectivity index (χ0n) is 19.7. The van der Waals surface area contributed by atoms with Crippen molar-refractivity contribution in [2.75, 3.05) is 41.7 Å². The minimum absolute atomic E-state index is 0.0332. The van der Waals surface area contributed by atoms with E-state index in [2.05, 4.69) is 22.5 Å². The molecule has 3 rings (SSSR count). The third kappa shape index (κ3) is 7.47. The van der Waals surface area contributed by atoms with Crippen LogP contribution in [0.1, 0.15) is 45.4 Å². The van der Waals surface area contributed by atoms with Crippen LogP contribution in [0, 0.1) is 10.1 Å². The molecule has 1 aliphatic rings. The Hall–Kier alpha value is -3.62. The average molecular weight is 468 g/mol. The van der Waals surface area contributed by atoms with Crippen LogP contribution in [0.25, 0.3) is 0 Å². The van der Waals surface area contributed by atoms with Crippen molar-refractivity contribution in [3.8, 4) is 0 Å². The van der Waals surface area contributed by atoms with E-state index in [1.54, 1.807) is 0 Å². The van der Waals surface area contributed by atoms with Crippen molar-refractivity contribution in [1.29, 1.82) is 0 Å². The van der Waals surface area contributed by atoms with Crippen molar-refractivity contribution < 1.29 is 14.5 Å². The Bertz CT molecular complexity index is 954. The van der Waals surface area contributed by atoms with Gasteiger partial charge in [0.1, 0.15) is 0 Å². The Balaban J connectivity index is 1.41. The first kappa shape index (κ1) is 25.0. The first-order valence-corrected chi connectivity index (χ1v) is 11.9. The Morgan fingerprint density at radius 1 is 0.853 bits per heavy atom. The standard InChI is InChI=1S/C25H33N5O4/c1-2-3-4-5-6-7-24(31)29-18-16-28(17-19-29)22-12-8-20(9-13-22)26-25(32)27-21-10-14-23(15-11-21)30(33)34/h8-15H,2-7,16-19H2,1H3,(H2,26,27,32). The van der Waals surface area contributed by atoms with Crippen molar-refractivity contribution in [2.45, 2.75) is 45.4 Å². The van der Waals surface area contributed by atoms with Gasteiger partial charge in [-0.05, 0) is 42.8 Å². The van der Waals surface area contributed by atoms with Crippen LogP contribution in [0.4, 0.5) is 27.5 Å². The summed E-state index contributed by atoms with van der Waals surface area (Å²) in [6, 6.07) is 12.8. The molecular formula is C25H33N5O4. The summed E-state index contributed by atoms with van der Waals surface area (Å²) in [6.07, 6.45) is 6.41. The van der Waals surface area contributed by atoms with Gasteiger partial charge in [-0.2, -0.15) is 0 Å². The fraction of sp³-hybridized carbons (Fsp3) is 0.440. The van der Waals surface area contributed by atoms with Gasteiger partial charge >= 0.3 is 6.03 Å². The normalized spacial score (nSPS) is 13.4. The van der Waals surface area contributed by atoms with Crippen LogP contribution >= 0.6 is 0 Å². The van der Waals surface area contributed by atoms with Gasteiger partial charge in [0.2, 0.25) is 5.91 Å². The third-order valence-electron chi connectivity index (χ3n) is 5.95. The molecule has 0 radical (unpaired) electrons. The van der Waals surface area contributed by atoms with Gasteiger partial charge in [-0.15, -0.1) is 0 Å². The minimum atomic E-state index is -0.487. The molecule has 9 heteroatoms. The number of carbonyl (C=O) groups is 2. The number of carbonyl (C=O) groups excluding carboxylic acids is 2. The first-order chi connectivity index (χ1) is 16.5. The first-order valence-electron chi connectivity index (χ1n) is 11.9. The van der Waals surface area contributed by atoms with Gasteiger partial charge in [-0.1, -0.05) is 32.6 Å². The van der Waals surface area contributed by atoms with Gasteiger partial charge in [0.05, 0.1) is 4.92 Å². The molecule has 0 spiro atoms. The summed E-state index contributed by atoms with van der Waals surface area (Å²) in [7, 11) is 0. The Kier molecular flexibility index (Phi) is 9.25. The average Bonchev–Trinajstić information content (AvgIpc) is 2.84. The number of nitrogens with one attached hydrogen (secondary N) is 2. The van der Waals surface area contributed by atoms with E-state index in [0.717, 1.165) is 44.7 Å². The zero-order chi connectivity index (χ0) is 24.3. The van der Waals surface area contributed by atoms with Gasteiger partial charge in [0.15, 0.2) is 0 Å². The molecule has 3 amide bonds. The lowest BCUT2D eigenvalue weighted by Gasteiger charge is -2.36. The number of unbranched alkanes of at least 4 members (excludes halogenated alkanes) is 4. The summed E-state index contributed by atoms with van der Waals surface area (Å²) < 4.78 is 0. The van der Waals surface area contributed by atoms with E-state index in [1.165, 1.54) is 43.5 Å². The number of nitro groups is 1. The van der Waals surface area contributed by atoms with Gasteiger partial charge in [0.25, 0.3) is 5.69 Å². The van der Waals surface area contributed by atoms with E-state index in [0.29, 0.717) is 17.8 Å². The third-order valence-corrected chi connectivity index (χ3v) is 5.95. The highest BCUT2D eigenvalue weighted by atomic mass is 16.6. The number of benzene rings is 2. The highest BCUT2D eigenvalue weighted by Crippen LogP contribution is 2.21. The lowest BCUT2D eigenvalue weighted by molar-refractivity contribution is -0.384. The molecular weight excluding hydrogens is 434 g/mol. The van der Waals surface area contributed by atoms with Crippen molar-refractivity contribution in [3.05, 3.63) is 58.6 Å². The van der Waals surface area contributed by atoms with Gasteiger partial charge in [-0.3, -0.25) is 14.9 Å². The molecule has 0 aromatic heterocycles. The number of piperazine rings is 1. The van der Waals surface area contributed by atoms with Crippen LogP contribution in [-0.4, -0.2) is 47.9 Å². The summed E-state index contributed by atoms with van der Waals surface area (Å²) in [5, 5.41) is 16.1. The number of nitro benzene ring substituents is 1. The second-order valence-electron chi connectivity index (χ2n) is 8.46. The molecule has 2 aromatic carbocycles. The van der Waals surface area contributed by atoms with E-state index in [-0.39, 0.29) is 11.6 Å². The smallest absolute Gasteiger partial charge is 0.323 e. The molecule has 9 nitrogen and oxygen atoms in total. The van der Waals surface area contributed by atoms with Crippen LogP contribution < -0.4 is 15.5 Å². The summed E-state index contributed by atoms with van der Waals surface area (Å²) in [6.45, 7) is 5.22. The molecule has 0 saturated carbocycles. The van der Waals surface area contributed by atoms with Gasteiger partial charge in [0, 0.05) is 61.8 Å². The number of hydrogen-bond acceptors (Lipinski definition) is 5. The van der Waals surface area contributed by atoms with Crippen LogP contribution in [0.3, 0.4) is 0 Å². The molecule has 1 heterocycles. The molecule has 2 N–H and O–H groups in total. The van der Waals surface area contributed by atoms with E-state index in [4.69, 9.17) is 0 Å². The molecule has 1 aliphatic heterocycles. The van der Waals surface area contributed by atoms with Crippen molar-refractivity contribution >= 4 is 34.7 Å². The van der Waals surface area contributed by atoms with Gasteiger partial charge in [-0.25, -0.2) is 4.79 Å². The lowest BCUT2D eigenvalue weighted by Crippen LogP contribution is -2.48. The molecule has 1 saturated heterocycles. The number of nitrogens with zero attached hydrogens (tertiary/aromatic N) is 3. The fourth-order valence-electron chi connectivity index (χ4n) is 3.97. The predicted octanol–water partition coefficient (Wildman–Crippen LogP) is 5.25. The van der Waals surface area contributed by atoms with Crippen LogP contribution in [0.15, 0.2) is 48.5 Å². The van der Waals surface area contributed by atoms with E-state index >= 15 is 0 Å². The highest BCUT2D eigenvalue weighted by Gasteiger charge is 2.21. The Morgan fingerprint density at radius 2 is 1.41 bits per heavy atom. The molecule has 0 bridgehead atoms. The number of amides is 3. The minimum Gasteiger partial charge on any atom is -0.368 e. The van der Waals surface area contributed by atoms with Crippen molar-refractivity contribution in [1.82, 2.24) is 4.90 Å². The largest absolute Gasteiger partial charge is 0.368 e. The maximum atomic E-state index is 12.4. The molecule has 0 atom stereocenters. The number of rotatable bonds is 10. The SMILES string of the molecule is CCCCCCCC(=O)N1CCN(c2ccc(NC(=O)Nc3ccc([N+](=O)[O-])cc3)cc2)CC1. The Morgan fingerprint density at radius 3 is 1.97 bits per heavy atom. The molecule has 2 aromatic rings. The van der Waals surface area contributed by atoms with Crippen molar-refractivity contribution in [3.63, 3.8) is 0 Å². The summed E-state index contributed by atoms with van der Waals surface area (Å²) in [5.41, 5.74) is 2.12. The molecule has 0 unspecified atom stereocenters. The number of hydrogen-bond donors (Lipinski definition) is 2. The van der Waals surface area contributed by atoms with Crippen LogP contribution in [0.5, 0.6) is 0 Å². The second-order valence-corrected chi connectivity index (χ2v) is 8.46. The summed E-state index contributed by atoms with van der Waals surface area (Å²) in [5.74, 6) is 0.259. The zero-order valence-corrected chi connectivity index (χ0v) is 19.7. The second kappa shape index (κ2) is 12.6. The van der Waals surface area contributed by atoms with E-state index < -0.39 is 11.0 Å². The molecule has 0 aliphatic carbocycles. The summed E-state index contributed by atoms with van der Waals surface area (Å²) >= 11 is 0. The molecule has 1 fully saturated rings. The summed E-state index contributed by atoms with van der Waals surface area (Å²) in [4.78, 5) is 39.1. The predicted molar refractivity (Wildman–Crippen MR) is 134 cm³/mol. The number of urea groups is 1. The quantitative estimate of drug-likeness (QED) is 0.282. The van der Waals surface area contributed by atoms with Gasteiger partial charge < -0.3 is 20.4 Å². The number of anilines is 3. The maximum Gasteiger partial charge on any atom is 0.323 e. The topological polar surface area (TPSA) is 108 Å². The lowest BCUT2D eigenvalue weighted by atomic mass is 10.1. The maximum absolute atomic E-state index is 12.4. The molecule has 182 valence electrons.